The molecule has 0 saturated heterocycles. The Morgan fingerprint density at radius 1 is 1.08 bits per heavy atom. The minimum Gasteiger partial charge on any atom is -0.355 e. The van der Waals surface area contributed by atoms with Gasteiger partial charge in [0.2, 0.25) is 15.9 Å². The van der Waals surface area contributed by atoms with Crippen LogP contribution in [0.3, 0.4) is 0 Å². The molecule has 0 aliphatic heterocycles. The Balaban J connectivity index is 1.82. The number of carbonyl (C=O) groups excluding carboxylic acids is 1. The van der Waals surface area contributed by atoms with Crippen LogP contribution >= 0.6 is 11.6 Å². The van der Waals surface area contributed by atoms with Gasteiger partial charge < -0.3 is 5.32 Å². The first-order valence-electron chi connectivity index (χ1n) is 8.35. The van der Waals surface area contributed by atoms with Crippen molar-refractivity contribution in [1.29, 1.82) is 0 Å². The van der Waals surface area contributed by atoms with Gasteiger partial charge in [0.1, 0.15) is 0 Å². The molecule has 2 aromatic carbocycles. The van der Waals surface area contributed by atoms with Crippen molar-refractivity contribution >= 4 is 27.5 Å². The Bertz CT molecular complexity index is 826. The Hall–Kier alpha value is -1.89. The Kier molecular flexibility index (Phi) is 7.63. The van der Waals surface area contributed by atoms with Gasteiger partial charge >= 0.3 is 0 Å². The maximum atomic E-state index is 12.1. The standard InChI is InChI=1S/C19H23ClN2O3S/c1-26(24,25)22(14-16-8-3-2-4-9-16)15-19(23)21-13-7-11-17-10-5-6-12-18(17)20/h2-6,8-10,12H,7,11,13-15H2,1H3,(H,21,23). The minimum atomic E-state index is -3.48. The van der Waals surface area contributed by atoms with Gasteiger partial charge in [-0.25, -0.2) is 8.42 Å². The number of aryl methyl sites for hydroxylation is 1. The third-order valence-corrected chi connectivity index (χ3v) is 5.46. The molecule has 2 rings (SSSR count). The smallest absolute Gasteiger partial charge is 0.235 e. The lowest BCUT2D eigenvalue weighted by Gasteiger charge is -2.19. The average Bonchev–Trinajstić information content (AvgIpc) is 2.60. The van der Waals surface area contributed by atoms with E-state index in [1.165, 1.54) is 4.31 Å². The van der Waals surface area contributed by atoms with E-state index >= 15 is 0 Å². The second-order valence-electron chi connectivity index (χ2n) is 6.06. The van der Waals surface area contributed by atoms with Crippen LogP contribution in [0.25, 0.3) is 0 Å². The summed E-state index contributed by atoms with van der Waals surface area (Å²) in [6.07, 6.45) is 2.59. The topological polar surface area (TPSA) is 66.5 Å². The molecule has 0 unspecified atom stereocenters. The number of hydrogen-bond donors (Lipinski definition) is 1. The summed E-state index contributed by atoms with van der Waals surface area (Å²) in [6.45, 7) is 0.444. The highest BCUT2D eigenvalue weighted by Crippen LogP contribution is 2.16. The monoisotopic (exact) mass is 394 g/mol. The van der Waals surface area contributed by atoms with Gasteiger partial charge in [0.25, 0.3) is 0 Å². The summed E-state index contributed by atoms with van der Waals surface area (Å²) in [5.41, 5.74) is 1.87. The number of amides is 1. The molecule has 7 heteroatoms. The average molecular weight is 395 g/mol. The summed E-state index contributed by atoms with van der Waals surface area (Å²) in [5.74, 6) is -0.314. The molecule has 0 spiro atoms. The zero-order chi connectivity index (χ0) is 19.0. The number of nitrogens with one attached hydrogen (secondary N) is 1. The van der Waals surface area contributed by atoms with Crippen LogP contribution in [0.2, 0.25) is 5.02 Å². The number of carbonyl (C=O) groups is 1. The zero-order valence-electron chi connectivity index (χ0n) is 14.7. The maximum Gasteiger partial charge on any atom is 0.235 e. The summed E-state index contributed by atoms with van der Waals surface area (Å²) >= 11 is 6.10. The van der Waals surface area contributed by atoms with E-state index in [9.17, 15) is 13.2 Å². The summed E-state index contributed by atoms with van der Waals surface area (Å²) in [6, 6.07) is 16.8. The Labute approximate surface area is 160 Å². The van der Waals surface area contributed by atoms with Crippen LogP contribution in [0.1, 0.15) is 17.5 Å². The molecular weight excluding hydrogens is 372 g/mol. The fraction of sp³-hybridized carbons (Fsp3) is 0.316. The molecule has 0 fully saturated rings. The number of nitrogens with zero attached hydrogens (tertiary/aromatic N) is 1. The fourth-order valence-electron chi connectivity index (χ4n) is 2.50. The van der Waals surface area contributed by atoms with E-state index in [1.54, 1.807) is 0 Å². The molecule has 1 amide bonds. The molecule has 0 bridgehead atoms. The molecule has 0 aliphatic carbocycles. The predicted molar refractivity (Wildman–Crippen MR) is 104 cm³/mol. The van der Waals surface area contributed by atoms with Gasteiger partial charge in [-0.05, 0) is 30.0 Å². The molecule has 5 nitrogen and oxygen atoms in total. The molecule has 26 heavy (non-hydrogen) atoms. The highest BCUT2D eigenvalue weighted by atomic mass is 35.5. The van der Waals surface area contributed by atoms with Crippen LogP contribution in [0.15, 0.2) is 54.6 Å². The SMILES string of the molecule is CS(=O)(=O)N(CC(=O)NCCCc1ccccc1Cl)Cc1ccccc1. The van der Waals surface area contributed by atoms with Crippen LogP contribution in [0.5, 0.6) is 0 Å². The second-order valence-corrected chi connectivity index (χ2v) is 8.45. The normalized spacial score (nSPS) is 11.5. The van der Waals surface area contributed by atoms with E-state index < -0.39 is 10.0 Å². The van der Waals surface area contributed by atoms with Gasteiger partial charge in [0, 0.05) is 18.1 Å². The van der Waals surface area contributed by atoms with Gasteiger partial charge in [-0.2, -0.15) is 4.31 Å². The summed E-state index contributed by atoms with van der Waals surface area (Å²) in [5, 5.41) is 3.49. The van der Waals surface area contributed by atoms with E-state index in [-0.39, 0.29) is 19.0 Å². The molecule has 2 aromatic rings. The lowest BCUT2D eigenvalue weighted by atomic mass is 10.1. The third-order valence-electron chi connectivity index (χ3n) is 3.89. The summed E-state index contributed by atoms with van der Waals surface area (Å²) in [4.78, 5) is 12.1. The van der Waals surface area contributed by atoms with Crippen molar-refractivity contribution < 1.29 is 13.2 Å². The quantitative estimate of drug-likeness (QED) is 0.665. The molecule has 0 aliphatic rings. The Morgan fingerprint density at radius 2 is 1.73 bits per heavy atom. The highest BCUT2D eigenvalue weighted by molar-refractivity contribution is 7.88. The van der Waals surface area contributed by atoms with E-state index in [1.807, 2.05) is 54.6 Å². The number of halogens is 1. The predicted octanol–water partition coefficient (Wildman–Crippen LogP) is 2.85. The van der Waals surface area contributed by atoms with Gasteiger partial charge in [-0.3, -0.25) is 4.79 Å². The van der Waals surface area contributed by atoms with E-state index in [0.29, 0.717) is 11.6 Å². The molecule has 0 radical (unpaired) electrons. The van der Waals surface area contributed by atoms with E-state index in [0.717, 1.165) is 30.2 Å². The summed E-state index contributed by atoms with van der Waals surface area (Å²) < 4.78 is 25.1. The third kappa shape index (κ3) is 6.78. The summed E-state index contributed by atoms with van der Waals surface area (Å²) in [7, 11) is -3.48. The van der Waals surface area contributed by atoms with Crippen LogP contribution < -0.4 is 5.32 Å². The van der Waals surface area contributed by atoms with Crippen molar-refractivity contribution in [3.63, 3.8) is 0 Å². The first-order chi connectivity index (χ1) is 12.4. The highest BCUT2D eigenvalue weighted by Gasteiger charge is 2.20. The molecular formula is C19H23ClN2O3S. The molecule has 0 aromatic heterocycles. The van der Waals surface area contributed by atoms with E-state index in [4.69, 9.17) is 11.6 Å². The largest absolute Gasteiger partial charge is 0.355 e. The molecule has 0 saturated carbocycles. The van der Waals surface area contributed by atoms with Crippen molar-refractivity contribution in [2.75, 3.05) is 19.3 Å². The van der Waals surface area contributed by atoms with Gasteiger partial charge in [0.15, 0.2) is 0 Å². The first kappa shape index (κ1) is 20.4. The Morgan fingerprint density at radius 3 is 2.38 bits per heavy atom. The van der Waals surface area contributed by atoms with Crippen molar-refractivity contribution in [3.8, 4) is 0 Å². The lowest BCUT2D eigenvalue weighted by Crippen LogP contribution is -2.40. The molecule has 140 valence electrons. The van der Waals surface area contributed by atoms with Crippen LogP contribution in [-0.2, 0) is 27.8 Å². The van der Waals surface area contributed by atoms with Crippen molar-refractivity contribution in [3.05, 3.63) is 70.7 Å². The van der Waals surface area contributed by atoms with Crippen molar-refractivity contribution in [1.82, 2.24) is 9.62 Å². The van der Waals surface area contributed by atoms with Gasteiger partial charge in [-0.1, -0.05) is 60.1 Å². The number of hydrogen-bond acceptors (Lipinski definition) is 3. The fourth-order valence-corrected chi connectivity index (χ4v) is 3.47. The van der Waals surface area contributed by atoms with Crippen LogP contribution in [0.4, 0.5) is 0 Å². The zero-order valence-corrected chi connectivity index (χ0v) is 16.3. The van der Waals surface area contributed by atoms with Gasteiger partial charge in [0.05, 0.1) is 12.8 Å². The van der Waals surface area contributed by atoms with Crippen LogP contribution in [-0.4, -0.2) is 38.0 Å². The van der Waals surface area contributed by atoms with Crippen molar-refractivity contribution in [2.24, 2.45) is 0 Å². The maximum absolute atomic E-state index is 12.1. The van der Waals surface area contributed by atoms with Crippen molar-refractivity contribution in [2.45, 2.75) is 19.4 Å². The number of benzene rings is 2. The van der Waals surface area contributed by atoms with Crippen LogP contribution in [0, 0.1) is 0 Å². The second kappa shape index (κ2) is 9.71. The van der Waals surface area contributed by atoms with Gasteiger partial charge in [-0.15, -0.1) is 0 Å². The number of rotatable bonds is 9. The molecule has 1 N–H and O–H groups in total. The molecule has 0 heterocycles. The first-order valence-corrected chi connectivity index (χ1v) is 10.6. The minimum absolute atomic E-state index is 0.173. The lowest BCUT2D eigenvalue weighted by molar-refractivity contribution is -0.121. The number of sulfonamides is 1. The molecule has 0 atom stereocenters. The van der Waals surface area contributed by atoms with E-state index in [2.05, 4.69) is 5.32 Å².